The van der Waals surface area contributed by atoms with Gasteiger partial charge in [0.05, 0.1) is 18.2 Å². The third kappa shape index (κ3) is 2.12. The van der Waals surface area contributed by atoms with Crippen molar-refractivity contribution in [2.75, 3.05) is 19.6 Å². The number of nitrogens with zero attached hydrogens (tertiary/aromatic N) is 1. The van der Waals surface area contributed by atoms with Crippen LogP contribution in [0.15, 0.2) is 16.5 Å². The lowest BCUT2D eigenvalue weighted by atomic mass is 10.1. The molecule has 0 aromatic carbocycles. The Morgan fingerprint density at radius 3 is 2.59 bits per heavy atom. The zero-order valence-corrected chi connectivity index (χ0v) is 10.3. The molecule has 2 saturated heterocycles. The lowest BCUT2D eigenvalue weighted by Crippen LogP contribution is -2.46. The van der Waals surface area contributed by atoms with Gasteiger partial charge in [0.2, 0.25) is 0 Å². The number of likely N-dealkylation sites (tertiary alicyclic amines) is 1. The number of hydrogen-bond acceptors (Lipinski definition) is 4. The summed E-state index contributed by atoms with van der Waals surface area (Å²) in [5, 5.41) is 0. The minimum absolute atomic E-state index is 0.204. The second-order valence-electron chi connectivity index (χ2n) is 5.11. The minimum atomic E-state index is 0.204. The molecule has 2 N–H and O–H groups in total. The number of ether oxygens (including phenoxy) is 1. The van der Waals surface area contributed by atoms with Gasteiger partial charge in [-0.25, -0.2) is 0 Å². The highest BCUT2D eigenvalue weighted by atomic mass is 16.5. The molecule has 1 aromatic rings. The largest absolute Gasteiger partial charge is 0.465 e. The van der Waals surface area contributed by atoms with Gasteiger partial charge in [0, 0.05) is 19.6 Å². The van der Waals surface area contributed by atoms with Crippen molar-refractivity contribution in [3.63, 3.8) is 0 Å². The first kappa shape index (κ1) is 11.3. The van der Waals surface area contributed by atoms with Crippen LogP contribution in [0.25, 0.3) is 0 Å². The summed E-state index contributed by atoms with van der Waals surface area (Å²) in [5.74, 6) is 1.95. The standard InChI is InChI=1S/C13H20N2O2/c1-9-2-5-13(16-9)12(6-14)15-7-10-3-4-11(8-15)17-10/h2,5,10-12H,3-4,6-8,14H2,1H3. The summed E-state index contributed by atoms with van der Waals surface area (Å²) < 4.78 is 11.6. The number of aryl methyl sites for hydroxylation is 1. The van der Waals surface area contributed by atoms with Crippen molar-refractivity contribution < 1.29 is 9.15 Å². The summed E-state index contributed by atoms with van der Waals surface area (Å²) in [6.45, 7) is 4.54. The van der Waals surface area contributed by atoms with Gasteiger partial charge >= 0.3 is 0 Å². The number of morpholine rings is 1. The van der Waals surface area contributed by atoms with E-state index in [-0.39, 0.29) is 6.04 Å². The van der Waals surface area contributed by atoms with Gasteiger partial charge in [-0.3, -0.25) is 4.90 Å². The maximum Gasteiger partial charge on any atom is 0.122 e. The molecule has 4 nitrogen and oxygen atoms in total. The molecule has 1 aromatic heterocycles. The van der Waals surface area contributed by atoms with Crippen LogP contribution in [0.5, 0.6) is 0 Å². The van der Waals surface area contributed by atoms with Crippen molar-refractivity contribution in [2.24, 2.45) is 5.73 Å². The van der Waals surface area contributed by atoms with E-state index >= 15 is 0 Å². The lowest BCUT2D eigenvalue weighted by molar-refractivity contribution is -0.0546. The summed E-state index contributed by atoms with van der Waals surface area (Å²) in [6, 6.07) is 4.26. The summed E-state index contributed by atoms with van der Waals surface area (Å²) in [4.78, 5) is 2.42. The van der Waals surface area contributed by atoms with Crippen LogP contribution in [-0.4, -0.2) is 36.7 Å². The Hall–Kier alpha value is -0.840. The van der Waals surface area contributed by atoms with Crippen LogP contribution in [0, 0.1) is 6.92 Å². The number of hydrogen-bond donors (Lipinski definition) is 1. The van der Waals surface area contributed by atoms with Gasteiger partial charge < -0.3 is 14.9 Å². The van der Waals surface area contributed by atoms with Crippen LogP contribution in [0.3, 0.4) is 0 Å². The van der Waals surface area contributed by atoms with Crippen LogP contribution in [0.1, 0.15) is 30.4 Å². The number of nitrogens with two attached hydrogens (primary N) is 1. The fraction of sp³-hybridized carbons (Fsp3) is 0.692. The van der Waals surface area contributed by atoms with E-state index in [0.717, 1.165) is 24.6 Å². The van der Waals surface area contributed by atoms with Crippen molar-refractivity contribution in [3.8, 4) is 0 Å². The molecule has 3 atom stereocenters. The van der Waals surface area contributed by atoms with Crippen LogP contribution < -0.4 is 5.73 Å². The normalized spacial score (nSPS) is 30.7. The van der Waals surface area contributed by atoms with Gasteiger partial charge in [0.1, 0.15) is 11.5 Å². The van der Waals surface area contributed by atoms with Gasteiger partial charge in [-0.15, -0.1) is 0 Å². The van der Waals surface area contributed by atoms with Crippen LogP contribution >= 0.6 is 0 Å². The molecule has 3 heterocycles. The maximum absolute atomic E-state index is 5.91. The van der Waals surface area contributed by atoms with Crippen molar-refractivity contribution >= 4 is 0 Å². The van der Waals surface area contributed by atoms with Crippen LogP contribution in [-0.2, 0) is 4.74 Å². The van der Waals surface area contributed by atoms with Crippen LogP contribution in [0.4, 0.5) is 0 Å². The van der Waals surface area contributed by atoms with E-state index in [1.165, 1.54) is 12.8 Å². The third-order valence-corrected chi connectivity index (χ3v) is 3.83. The second-order valence-corrected chi connectivity index (χ2v) is 5.11. The smallest absolute Gasteiger partial charge is 0.122 e. The molecule has 94 valence electrons. The molecule has 0 aliphatic carbocycles. The SMILES string of the molecule is Cc1ccc(C(CN)N2CC3CCC(C2)O3)o1. The highest BCUT2D eigenvalue weighted by molar-refractivity contribution is 5.11. The predicted molar refractivity (Wildman–Crippen MR) is 64.7 cm³/mol. The molecule has 17 heavy (non-hydrogen) atoms. The fourth-order valence-electron chi connectivity index (χ4n) is 2.98. The number of rotatable bonds is 3. The molecule has 2 fully saturated rings. The number of fused-ring (bicyclic) bond motifs is 2. The van der Waals surface area contributed by atoms with E-state index in [1.807, 2.05) is 19.1 Å². The highest BCUT2D eigenvalue weighted by Gasteiger charge is 2.37. The molecule has 2 aliphatic rings. The lowest BCUT2D eigenvalue weighted by Gasteiger charge is -2.36. The summed E-state index contributed by atoms with van der Waals surface area (Å²) in [5.41, 5.74) is 5.91. The number of furan rings is 1. The van der Waals surface area contributed by atoms with E-state index in [4.69, 9.17) is 14.9 Å². The van der Waals surface area contributed by atoms with E-state index < -0.39 is 0 Å². The van der Waals surface area contributed by atoms with Crippen molar-refractivity contribution in [3.05, 3.63) is 23.7 Å². The van der Waals surface area contributed by atoms with E-state index in [0.29, 0.717) is 18.8 Å². The Balaban J connectivity index is 1.77. The van der Waals surface area contributed by atoms with Crippen molar-refractivity contribution in [2.45, 2.75) is 38.0 Å². The minimum Gasteiger partial charge on any atom is -0.465 e. The van der Waals surface area contributed by atoms with Gasteiger partial charge in [-0.05, 0) is 31.9 Å². The Labute approximate surface area is 102 Å². The summed E-state index contributed by atoms with van der Waals surface area (Å²) >= 11 is 0. The molecule has 2 aliphatic heterocycles. The molecule has 4 heteroatoms. The fourth-order valence-corrected chi connectivity index (χ4v) is 2.98. The Morgan fingerprint density at radius 1 is 1.35 bits per heavy atom. The second kappa shape index (κ2) is 4.44. The third-order valence-electron chi connectivity index (χ3n) is 3.83. The molecular weight excluding hydrogens is 216 g/mol. The molecule has 0 saturated carbocycles. The Bertz CT molecular complexity index is 379. The molecule has 2 bridgehead atoms. The average molecular weight is 236 g/mol. The quantitative estimate of drug-likeness (QED) is 0.863. The van der Waals surface area contributed by atoms with Gasteiger partial charge in [-0.1, -0.05) is 0 Å². The average Bonchev–Trinajstić information content (AvgIpc) is 2.87. The first-order valence-corrected chi connectivity index (χ1v) is 6.42. The molecule has 0 amide bonds. The molecule has 0 spiro atoms. The van der Waals surface area contributed by atoms with Gasteiger partial charge in [0.15, 0.2) is 0 Å². The van der Waals surface area contributed by atoms with Crippen LogP contribution in [0.2, 0.25) is 0 Å². The molecule has 0 radical (unpaired) electrons. The highest BCUT2D eigenvalue weighted by Crippen LogP contribution is 2.31. The molecular formula is C13H20N2O2. The molecule has 3 unspecified atom stereocenters. The first-order valence-electron chi connectivity index (χ1n) is 6.42. The maximum atomic E-state index is 5.91. The Morgan fingerprint density at radius 2 is 2.06 bits per heavy atom. The van der Waals surface area contributed by atoms with Gasteiger partial charge in [0.25, 0.3) is 0 Å². The molecule has 3 rings (SSSR count). The summed E-state index contributed by atoms with van der Waals surface area (Å²) in [6.07, 6.45) is 3.18. The van der Waals surface area contributed by atoms with E-state index in [9.17, 15) is 0 Å². The zero-order valence-electron chi connectivity index (χ0n) is 10.3. The van der Waals surface area contributed by atoms with E-state index in [1.54, 1.807) is 0 Å². The topological polar surface area (TPSA) is 51.6 Å². The van der Waals surface area contributed by atoms with Crippen molar-refractivity contribution in [1.29, 1.82) is 0 Å². The van der Waals surface area contributed by atoms with Crippen molar-refractivity contribution in [1.82, 2.24) is 4.90 Å². The van der Waals surface area contributed by atoms with Gasteiger partial charge in [-0.2, -0.15) is 0 Å². The first-order chi connectivity index (χ1) is 8.26. The summed E-state index contributed by atoms with van der Waals surface area (Å²) in [7, 11) is 0. The zero-order chi connectivity index (χ0) is 11.8. The van der Waals surface area contributed by atoms with E-state index in [2.05, 4.69) is 4.90 Å². The predicted octanol–water partition coefficient (Wildman–Crippen LogP) is 1.45. The monoisotopic (exact) mass is 236 g/mol. The Kier molecular flexibility index (Phi) is 2.94.